The molecule has 0 aliphatic carbocycles. The normalized spacial score (nSPS) is 15.7. The Bertz CT molecular complexity index is 1060. The van der Waals surface area contributed by atoms with Gasteiger partial charge >= 0.3 is 6.03 Å². The number of rotatable bonds is 8. The SMILES string of the molecule is CC(c1cccc(N(CCc2ccc(F)cc2)C(N)=O)c1)N1CCC(Cc2ccccc2)CC1. The fourth-order valence-electron chi connectivity index (χ4n) is 4.91. The van der Waals surface area contributed by atoms with Gasteiger partial charge in [0.15, 0.2) is 0 Å². The molecule has 3 aromatic rings. The largest absolute Gasteiger partial charge is 0.351 e. The van der Waals surface area contributed by atoms with Gasteiger partial charge in [-0.2, -0.15) is 0 Å². The number of primary amides is 1. The Hall–Kier alpha value is -3.18. The number of carbonyl (C=O) groups excluding carboxylic acids is 1. The third-order valence-electron chi connectivity index (χ3n) is 7.03. The number of urea groups is 1. The molecule has 1 fully saturated rings. The van der Waals surface area contributed by atoms with Crippen molar-refractivity contribution in [3.05, 3.63) is 101 Å². The number of hydrogen-bond donors (Lipinski definition) is 1. The van der Waals surface area contributed by atoms with Crippen LogP contribution in [0.4, 0.5) is 14.9 Å². The van der Waals surface area contributed by atoms with Crippen molar-refractivity contribution in [1.82, 2.24) is 4.90 Å². The Balaban J connectivity index is 1.37. The highest BCUT2D eigenvalue weighted by Crippen LogP contribution is 2.30. The maximum absolute atomic E-state index is 13.2. The van der Waals surface area contributed by atoms with E-state index < -0.39 is 6.03 Å². The van der Waals surface area contributed by atoms with Crippen molar-refractivity contribution < 1.29 is 9.18 Å². The summed E-state index contributed by atoms with van der Waals surface area (Å²) in [5.74, 6) is 0.468. The lowest BCUT2D eigenvalue weighted by molar-refractivity contribution is 0.141. The minimum absolute atomic E-state index is 0.263. The molecule has 4 nitrogen and oxygen atoms in total. The van der Waals surface area contributed by atoms with Crippen LogP contribution >= 0.6 is 0 Å². The molecule has 1 heterocycles. The number of piperidine rings is 1. The Morgan fingerprint density at radius 1 is 1.00 bits per heavy atom. The van der Waals surface area contributed by atoms with E-state index in [1.807, 2.05) is 12.1 Å². The summed E-state index contributed by atoms with van der Waals surface area (Å²) in [5.41, 5.74) is 10.1. The van der Waals surface area contributed by atoms with Crippen molar-refractivity contribution in [1.29, 1.82) is 0 Å². The van der Waals surface area contributed by atoms with E-state index in [0.29, 0.717) is 13.0 Å². The first-order chi connectivity index (χ1) is 16.5. The fraction of sp³-hybridized carbons (Fsp3) is 0.345. The zero-order chi connectivity index (χ0) is 23.9. The van der Waals surface area contributed by atoms with Crippen molar-refractivity contribution in [2.24, 2.45) is 11.7 Å². The summed E-state index contributed by atoms with van der Waals surface area (Å²) in [6.45, 7) is 4.84. The van der Waals surface area contributed by atoms with Crippen LogP contribution in [0.5, 0.6) is 0 Å². The number of likely N-dealkylation sites (tertiary alicyclic amines) is 1. The van der Waals surface area contributed by atoms with Gasteiger partial charge in [0, 0.05) is 18.3 Å². The van der Waals surface area contributed by atoms with E-state index in [0.717, 1.165) is 36.7 Å². The first-order valence-electron chi connectivity index (χ1n) is 12.2. The summed E-state index contributed by atoms with van der Waals surface area (Å²) in [5, 5.41) is 0. The van der Waals surface area contributed by atoms with Gasteiger partial charge in [-0.1, -0.05) is 54.6 Å². The second-order valence-corrected chi connectivity index (χ2v) is 9.31. The van der Waals surface area contributed by atoms with Gasteiger partial charge in [-0.05, 0) is 92.6 Å². The summed E-state index contributed by atoms with van der Waals surface area (Å²) in [6, 6.07) is 25.1. The zero-order valence-electron chi connectivity index (χ0n) is 19.9. The Morgan fingerprint density at radius 2 is 1.71 bits per heavy atom. The Labute approximate surface area is 202 Å². The van der Waals surface area contributed by atoms with E-state index in [1.54, 1.807) is 17.0 Å². The second-order valence-electron chi connectivity index (χ2n) is 9.31. The molecule has 4 rings (SSSR count). The first kappa shape index (κ1) is 24.0. The summed E-state index contributed by atoms with van der Waals surface area (Å²) >= 11 is 0. The van der Waals surface area contributed by atoms with Crippen LogP contribution in [0, 0.1) is 11.7 Å². The monoisotopic (exact) mass is 459 g/mol. The highest BCUT2D eigenvalue weighted by molar-refractivity contribution is 5.90. The van der Waals surface area contributed by atoms with E-state index >= 15 is 0 Å². The van der Waals surface area contributed by atoms with Crippen molar-refractivity contribution in [3.63, 3.8) is 0 Å². The molecule has 0 radical (unpaired) electrons. The highest BCUT2D eigenvalue weighted by atomic mass is 19.1. The predicted octanol–water partition coefficient (Wildman–Crippen LogP) is 5.97. The zero-order valence-corrected chi connectivity index (χ0v) is 19.9. The average molecular weight is 460 g/mol. The third kappa shape index (κ3) is 6.23. The van der Waals surface area contributed by atoms with Crippen LogP contribution in [0.25, 0.3) is 0 Å². The molecule has 3 aromatic carbocycles. The highest BCUT2D eigenvalue weighted by Gasteiger charge is 2.24. The molecule has 1 unspecified atom stereocenters. The van der Waals surface area contributed by atoms with E-state index in [-0.39, 0.29) is 11.9 Å². The van der Waals surface area contributed by atoms with Crippen LogP contribution in [-0.2, 0) is 12.8 Å². The standard InChI is InChI=1S/C29H34FN3O/c1-22(32-17-14-25(15-18-32)20-24-6-3-2-4-7-24)26-8-5-9-28(21-26)33(29(31)34)19-16-23-10-12-27(30)13-11-23/h2-13,21-22,25H,14-20H2,1H3,(H2,31,34). The quantitative estimate of drug-likeness (QED) is 0.451. The minimum Gasteiger partial charge on any atom is -0.351 e. The van der Waals surface area contributed by atoms with Gasteiger partial charge in [0.05, 0.1) is 0 Å². The van der Waals surface area contributed by atoms with Gasteiger partial charge in [-0.15, -0.1) is 0 Å². The van der Waals surface area contributed by atoms with Crippen molar-refractivity contribution in [2.45, 2.75) is 38.6 Å². The van der Waals surface area contributed by atoms with Gasteiger partial charge < -0.3 is 5.73 Å². The van der Waals surface area contributed by atoms with Crippen LogP contribution in [0.15, 0.2) is 78.9 Å². The molecule has 0 spiro atoms. The number of halogens is 1. The van der Waals surface area contributed by atoms with Gasteiger partial charge in [0.2, 0.25) is 0 Å². The number of amides is 2. The van der Waals surface area contributed by atoms with E-state index in [4.69, 9.17) is 5.73 Å². The molecule has 1 atom stereocenters. The molecule has 1 aliphatic rings. The lowest BCUT2D eigenvalue weighted by atomic mass is 9.89. The van der Waals surface area contributed by atoms with Gasteiger partial charge in [-0.25, -0.2) is 9.18 Å². The molecule has 1 saturated heterocycles. The number of hydrogen-bond acceptors (Lipinski definition) is 2. The molecule has 0 bridgehead atoms. The van der Waals surface area contributed by atoms with Crippen LogP contribution in [0.2, 0.25) is 0 Å². The van der Waals surface area contributed by atoms with Crippen LogP contribution in [-0.4, -0.2) is 30.6 Å². The van der Waals surface area contributed by atoms with Crippen LogP contribution in [0.1, 0.15) is 42.5 Å². The molecule has 1 aliphatic heterocycles. The maximum atomic E-state index is 13.2. The van der Waals surface area contributed by atoms with Crippen molar-refractivity contribution in [3.8, 4) is 0 Å². The molecule has 2 amide bonds. The smallest absolute Gasteiger partial charge is 0.319 e. The first-order valence-corrected chi connectivity index (χ1v) is 12.2. The number of nitrogens with two attached hydrogens (primary N) is 1. The molecular weight excluding hydrogens is 425 g/mol. The molecular formula is C29H34FN3O. The Morgan fingerprint density at radius 3 is 2.38 bits per heavy atom. The van der Waals surface area contributed by atoms with E-state index in [1.165, 1.54) is 36.1 Å². The predicted molar refractivity (Wildman–Crippen MR) is 136 cm³/mol. The van der Waals surface area contributed by atoms with Gasteiger partial charge in [0.1, 0.15) is 5.82 Å². The number of benzene rings is 3. The Kier molecular flexibility index (Phi) is 7.96. The summed E-state index contributed by atoms with van der Waals surface area (Å²) in [6.07, 6.45) is 4.16. The number of nitrogens with zero attached hydrogens (tertiary/aromatic N) is 2. The molecule has 0 aromatic heterocycles. The lowest BCUT2D eigenvalue weighted by Gasteiger charge is -2.36. The molecule has 5 heteroatoms. The van der Waals surface area contributed by atoms with E-state index in [9.17, 15) is 9.18 Å². The lowest BCUT2D eigenvalue weighted by Crippen LogP contribution is -2.38. The van der Waals surface area contributed by atoms with Gasteiger partial charge in [-0.3, -0.25) is 9.80 Å². The van der Waals surface area contributed by atoms with Gasteiger partial charge in [0.25, 0.3) is 0 Å². The third-order valence-corrected chi connectivity index (χ3v) is 7.03. The number of carbonyl (C=O) groups is 1. The summed E-state index contributed by atoms with van der Waals surface area (Å²) in [4.78, 5) is 16.4. The number of anilines is 1. The van der Waals surface area contributed by atoms with Crippen molar-refractivity contribution >= 4 is 11.7 Å². The van der Waals surface area contributed by atoms with Crippen molar-refractivity contribution in [2.75, 3.05) is 24.5 Å². The average Bonchev–Trinajstić information content (AvgIpc) is 2.86. The maximum Gasteiger partial charge on any atom is 0.319 e. The minimum atomic E-state index is -0.478. The van der Waals surface area contributed by atoms with Crippen LogP contribution < -0.4 is 10.6 Å². The summed E-state index contributed by atoms with van der Waals surface area (Å²) < 4.78 is 13.2. The topological polar surface area (TPSA) is 49.6 Å². The molecule has 178 valence electrons. The van der Waals surface area contributed by atoms with Crippen LogP contribution in [0.3, 0.4) is 0 Å². The fourth-order valence-corrected chi connectivity index (χ4v) is 4.91. The molecule has 34 heavy (non-hydrogen) atoms. The van der Waals surface area contributed by atoms with E-state index in [2.05, 4.69) is 54.3 Å². The second kappa shape index (κ2) is 11.3. The molecule has 0 saturated carbocycles. The summed E-state index contributed by atoms with van der Waals surface area (Å²) in [7, 11) is 0. The molecule has 2 N–H and O–H groups in total.